The third kappa shape index (κ3) is 21.6. The van der Waals surface area contributed by atoms with Crippen molar-refractivity contribution in [2.45, 2.75) is 0 Å². The molecule has 0 amide bonds. The Morgan fingerprint density at radius 3 is 1.20 bits per heavy atom. The molecule has 5 heavy (non-hydrogen) atoms. The van der Waals surface area contributed by atoms with E-state index in [9.17, 15) is 0 Å². The van der Waals surface area contributed by atoms with Gasteiger partial charge in [-0.2, -0.15) is 0 Å². The molecule has 40 valence electrons. The van der Waals surface area contributed by atoms with Gasteiger partial charge in [-0.15, -0.1) is 0 Å². The van der Waals surface area contributed by atoms with Gasteiger partial charge in [0.15, 0.2) is 0 Å². The maximum atomic E-state index is 4.34. The molecule has 0 aliphatic rings. The molecule has 0 rings (SSSR count). The quantitative estimate of drug-likeness (QED) is 0.614. The van der Waals surface area contributed by atoms with Gasteiger partial charge in [-0.1, -0.05) is 0 Å². The van der Waals surface area contributed by atoms with E-state index in [2.05, 4.69) is 19.6 Å². The Hall–Kier alpha value is 2.39. The van der Waals surface area contributed by atoms with Gasteiger partial charge >= 0.3 is 34.6 Å². The minimum atomic E-state index is -0.363. The van der Waals surface area contributed by atoms with Crippen LogP contribution in [0.2, 0.25) is 0 Å². The summed E-state index contributed by atoms with van der Waals surface area (Å²) in [4.78, 5) is 0. The van der Waals surface area contributed by atoms with Crippen molar-refractivity contribution >= 4 is 19.6 Å². The molecule has 0 aromatic rings. The first-order chi connectivity index (χ1) is 1.41. The minimum absolute atomic E-state index is 0. The Kier molecular flexibility index (Phi) is 50.6. The topological polar surface area (TPSA) is 0 Å². The van der Waals surface area contributed by atoms with E-state index < -0.39 is 0 Å². The second kappa shape index (κ2) is 16.2. The molecule has 0 aromatic heterocycles. The summed E-state index contributed by atoms with van der Waals surface area (Å²) in [5, 5.41) is 0. The Bertz CT molecular complexity index is 30.6. The Morgan fingerprint density at radius 1 is 1.20 bits per heavy atom. The fourth-order valence-corrected chi connectivity index (χ4v) is 0. The fraction of sp³-hybridized carbons (Fsp3) is 0. The molecule has 0 nitrogen and oxygen atoms in total. The second-order valence-corrected chi connectivity index (χ2v) is 3.62. The van der Waals surface area contributed by atoms with Crippen LogP contribution in [0.3, 0.4) is 0 Å². The molecule has 0 saturated heterocycles. The molecule has 5 heteroatoms. The summed E-state index contributed by atoms with van der Waals surface area (Å²) >= 11 is -0.363. The normalized spacial score (nSPS) is 2.40. The van der Waals surface area contributed by atoms with E-state index >= 15 is 0 Å². The first-order valence-corrected chi connectivity index (χ1v) is 5.92. The van der Waals surface area contributed by atoms with Gasteiger partial charge in [0.2, 0.25) is 0 Å². The van der Waals surface area contributed by atoms with Crippen molar-refractivity contribution in [2.75, 3.05) is 0 Å². The molecule has 0 bridgehead atoms. The van der Waals surface area contributed by atoms with Crippen LogP contribution in [0.4, 0.5) is 0 Å². The summed E-state index contributed by atoms with van der Waals surface area (Å²) in [7, 11) is 8.68. The third-order valence-corrected chi connectivity index (χ3v) is 0. The zero-order valence-electron chi connectivity index (χ0n) is 1.83. The molecule has 0 spiro atoms. The van der Waals surface area contributed by atoms with Gasteiger partial charge in [-0.05, 0) is 0 Å². The van der Waals surface area contributed by atoms with E-state index in [1.165, 1.54) is 0 Å². The van der Waals surface area contributed by atoms with Gasteiger partial charge in [0.05, 0.1) is 0 Å². The van der Waals surface area contributed by atoms with E-state index in [4.69, 9.17) is 0 Å². The molecule has 0 N–H and O–H groups in total. The maximum absolute atomic E-state index is 4.34. The van der Waals surface area contributed by atoms with Crippen molar-refractivity contribution < 1.29 is 54.4 Å². The van der Waals surface area contributed by atoms with Crippen LogP contribution in [0.25, 0.3) is 0 Å². The Morgan fingerprint density at radius 2 is 1.20 bits per heavy atom. The van der Waals surface area contributed by atoms with Crippen LogP contribution in [-0.2, 0) is 54.4 Å². The second-order valence-electron chi connectivity index (χ2n) is 0.0680. The van der Waals surface area contributed by atoms with Gasteiger partial charge in [-0.25, -0.2) is 0 Å². The van der Waals surface area contributed by atoms with Crippen LogP contribution in [-0.4, -0.2) is 0 Å². The van der Waals surface area contributed by atoms with E-state index in [0.717, 1.165) is 0 Å². The first kappa shape index (κ1) is 15.7. The van der Waals surface area contributed by atoms with Crippen LogP contribution in [0, 0.1) is 0 Å². The standard InChI is InChI=1S/Ag.Cu.Mo.2S. The van der Waals surface area contributed by atoms with Crippen molar-refractivity contribution in [3.63, 3.8) is 0 Å². The van der Waals surface area contributed by atoms with E-state index in [0.29, 0.717) is 0 Å². The summed E-state index contributed by atoms with van der Waals surface area (Å²) in [6.45, 7) is 0. The average Bonchev–Trinajstić information content (AvgIpc) is 0.918. The molecule has 0 unspecified atom stereocenters. The number of hydrogen-bond donors (Lipinski definition) is 0. The summed E-state index contributed by atoms with van der Waals surface area (Å²) in [5.74, 6) is 0. The van der Waals surface area contributed by atoms with Crippen LogP contribution < -0.4 is 0 Å². The number of hydrogen-bond acceptors (Lipinski definition) is 2. The van der Waals surface area contributed by atoms with Crippen molar-refractivity contribution in [3.05, 3.63) is 0 Å². The zero-order chi connectivity index (χ0) is 2.71. The SMILES string of the molecule is [Ag].[Cu].[S]=[Mo]=[S]. The van der Waals surface area contributed by atoms with Crippen molar-refractivity contribution in [2.24, 2.45) is 0 Å². The van der Waals surface area contributed by atoms with Crippen LogP contribution in [0.1, 0.15) is 0 Å². The third-order valence-electron chi connectivity index (χ3n) is 0. The molecule has 0 aromatic carbocycles. The van der Waals surface area contributed by atoms with Gasteiger partial charge in [0, 0.05) is 39.4 Å². The molecular formula is AgCuMoS2. The molecule has 2 radical (unpaired) electrons. The van der Waals surface area contributed by atoms with Gasteiger partial charge in [0.25, 0.3) is 0 Å². The van der Waals surface area contributed by atoms with Gasteiger partial charge < -0.3 is 0 Å². The van der Waals surface area contributed by atoms with Crippen LogP contribution >= 0.6 is 19.6 Å². The van der Waals surface area contributed by atoms with Gasteiger partial charge in [0.1, 0.15) is 0 Å². The molecule has 0 atom stereocenters. The average molecular weight is 331 g/mol. The predicted octanol–water partition coefficient (Wildman–Crippen LogP) is 1.29. The summed E-state index contributed by atoms with van der Waals surface area (Å²) in [6.07, 6.45) is 0. The summed E-state index contributed by atoms with van der Waals surface area (Å²) in [5.41, 5.74) is 0. The van der Waals surface area contributed by atoms with E-state index in [1.807, 2.05) is 0 Å². The molecule has 0 heterocycles. The fourth-order valence-electron chi connectivity index (χ4n) is 0. The molecule has 0 saturated carbocycles. The monoisotopic (exact) mass is 332 g/mol. The van der Waals surface area contributed by atoms with Crippen molar-refractivity contribution in [1.82, 2.24) is 0 Å². The Labute approximate surface area is 72.9 Å². The molecule has 0 aliphatic carbocycles. The zero-order valence-corrected chi connectivity index (χ0v) is 7.89. The molecule has 0 fully saturated rings. The summed E-state index contributed by atoms with van der Waals surface area (Å²) in [6, 6.07) is 0. The predicted molar refractivity (Wildman–Crippen MR) is 15.2 cm³/mol. The van der Waals surface area contributed by atoms with E-state index in [1.54, 1.807) is 0 Å². The number of rotatable bonds is 0. The Balaban J connectivity index is -0.0000000200. The van der Waals surface area contributed by atoms with Gasteiger partial charge in [-0.3, -0.25) is 0 Å². The van der Waals surface area contributed by atoms with Crippen LogP contribution in [0.5, 0.6) is 0 Å². The summed E-state index contributed by atoms with van der Waals surface area (Å²) < 4.78 is 0. The van der Waals surface area contributed by atoms with Crippen LogP contribution in [0.15, 0.2) is 0 Å². The molecular weight excluding hydrogens is 331 g/mol. The van der Waals surface area contributed by atoms with Crippen molar-refractivity contribution in [1.29, 1.82) is 0 Å². The molecule has 0 aliphatic heterocycles. The first-order valence-electron chi connectivity index (χ1n) is 0.333. The van der Waals surface area contributed by atoms with E-state index in [-0.39, 0.29) is 54.4 Å². The van der Waals surface area contributed by atoms with Crippen molar-refractivity contribution in [3.8, 4) is 0 Å².